The molecular weight excluding hydrogens is 505 g/mol. The number of hydrogen-bond donors (Lipinski definition) is 2. The Kier molecular flexibility index (Phi) is 7.77. The van der Waals surface area contributed by atoms with Crippen LogP contribution in [0.2, 0.25) is 0 Å². The van der Waals surface area contributed by atoms with Gasteiger partial charge in [0.05, 0.1) is 23.7 Å². The molecule has 0 saturated carbocycles. The maximum absolute atomic E-state index is 14.2. The van der Waals surface area contributed by atoms with Crippen molar-refractivity contribution in [3.8, 4) is 11.3 Å². The monoisotopic (exact) mass is 525 g/mol. The summed E-state index contributed by atoms with van der Waals surface area (Å²) in [6.07, 6.45) is -1.56. The number of halogens is 5. The molecule has 3 rings (SSSR count). The van der Waals surface area contributed by atoms with Crippen LogP contribution < -0.4 is 10.0 Å². The molecule has 1 amide bonds. The van der Waals surface area contributed by atoms with E-state index in [-0.39, 0.29) is 22.5 Å². The van der Waals surface area contributed by atoms with E-state index < -0.39 is 45.5 Å². The second-order valence-corrected chi connectivity index (χ2v) is 9.57. The van der Waals surface area contributed by atoms with Crippen molar-refractivity contribution in [2.24, 2.45) is 0 Å². The molecule has 0 fully saturated rings. The van der Waals surface area contributed by atoms with Gasteiger partial charge in [-0.1, -0.05) is 24.3 Å². The predicted octanol–water partition coefficient (Wildman–Crippen LogP) is 5.31. The van der Waals surface area contributed by atoms with E-state index in [0.717, 1.165) is 42.7 Å². The molecule has 6 nitrogen and oxygen atoms in total. The minimum Gasteiger partial charge on any atom is -0.346 e. The molecule has 190 valence electrons. The molecule has 0 radical (unpaired) electrons. The van der Waals surface area contributed by atoms with E-state index in [9.17, 15) is 35.2 Å². The molecule has 0 bridgehead atoms. The number of nitrogens with zero attached hydrogens (tertiary/aromatic N) is 1. The lowest BCUT2D eigenvalue weighted by Crippen LogP contribution is -2.24. The minimum atomic E-state index is -4.72. The molecule has 2 aromatic carbocycles. The number of pyridine rings is 1. The third kappa shape index (κ3) is 7.11. The van der Waals surface area contributed by atoms with Crippen molar-refractivity contribution in [2.75, 3.05) is 11.0 Å². The first kappa shape index (κ1) is 26.8. The van der Waals surface area contributed by atoms with Crippen LogP contribution in [0.3, 0.4) is 0 Å². The molecular formula is C24H20F5N3O3S. The molecule has 12 heteroatoms. The molecule has 3 aromatic rings. The number of carbonyl (C=O) groups excluding carboxylic acids is 1. The lowest BCUT2D eigenvalue weighted by atomic mass is 10.0. The van der Waals surface area contributed by atoms with Crippen LogP contribution in [-0.4, -0.2) is 25.6 Å². The van der Waals surface area contributed by atoms with E-state index in [2.05, 4.69) is 10.3 Å². The van der Waals surface area contributed by atoms with E-state index in [1.165, 1.54) is 30.3 Å². The van der Waals surface area contributed by atoms with Gasteiger partial charge in [-0.3, -0.25) is 9.52 Å². The molecule has 36 heavy (non-hydrogen) atoms. The third-order valence-corrected chi connectivity index (χ3v) is 5.47. The molecule has 2 N–H and O–H groups in total. The average Bonchev–Trinajstić information content (AvgIpc) is 2.77. The number of hydrogen-bond acceptors (Lipinski definition) is 4. The zero-order valence-electron chi connectivity index (χ0n) is 18.9. The zero-order valence-corrected chi connectivity index (χ0v) is 19.7. The lowest BCUT2D eigenvalue weighted by molar-refractivity contribution is -0.141. The van der Waals surface area contributed by atoms with E-state index in [1.807, 2.05) is 4.72 Å². The summed E-state index contributed by atoms with van der Waals surface area (Å²) in [5.41, 5.74) is -1.03. The topological polar surface area (TPSA) is 88.2 Å². The average molecular weight is 525 g/mol. The van der Waals surface area contributed by atoms with Gasteiger partial charge in [0.1, 0.15) is 17.3 Å². The number of nitrogens with one attached hydrogen (secondary N) is 2. The lowest BCUT2D eigenvalue weighted by Gasteiger charge is -2.15. The fourth-order valence-electron chi connectivity index (χ4n) is 3.22. The Labute approximate surface area is 203 Å². The van der Waals surface area contributed by atoms with Gasteiger partial charge in [0.15, 0.2) is 0 Å². The van der Waals surface area contributed by atoms with Crippen molar-refractivity contribution in [1.29, 1.82) is 0 Å². The molecule has 0 spiro atoms. The summed E-state index contributed by atoms with van der Waals surface area (Å²) in [7, 11) is -3.68. The van der Waals surface area contributed by atoms with Crippen LogP contribution >= 0.6 is 0 Å². The molecule has 0 aliphatic carbocycles. The van der Waals surface area contributed by atoms with E-state index in [4.69, 9.17) is 0 Å². The second kappa shape index (κ2) is 10.4. The van der Waals surface area contributed by atoms with Gasteiger partial charge in [-0.05, 0) is 48.9 Å². The SMILES string of the molecule is CC(NC(=O)/C=C\c1ccc(C(F)(F)F)nc1-c1cccc(F)c1)c1ccc(NS(C)(=O)=O)c(F)c1. The highest BCUT2D eigenvalue weighted by molar-refractivity contribution is 7.92. The van der Waals surface area contributed by atoms with Crippen molar-refractivity contribution >= 4 is 27.7 Å². The Morgan fingerprint density at radius 1 is 1.06 bits per heavy atom. The highest BCUT2D eigenvalue weighted by Gasteiger charge is 2.33. The molecule has 0 aliphatic heterocycles. The molecule has 1 atom stereocenters. The smallest absolute Gasteiger partial charge is 0.346 e. The van der Waals surface area contributed by atoms with Crippen LogP contribution in [0, 0.1) is 11.6 Å². The van der Waals surface area contributed by atoms with Crippen LogP contribution in [0.4, 0.5) is 27.6 Å². The zero-order chi connectivity index (χ0) is 26.7. The van der Waals surface area contributed by atoms with Gasteiger partial charge < -0.3 is 5.32 Å². The summed E-state index contributed by atoms with van der Waals surface area (Å²) in [4.78, 5) is 16.0. The highest BCUT2D eigenvalue weighted by Crippen LogP contribution is 2.32. The van der Waals surface area contributed by atoms with Gasteiger partial charge in [-0.2, -0.15) is 13.2 Å². The van der Waals surface area contributed by atoms with Gasteiger partial charge in [-0.15, -0.1) is 0 Å². The number of sulfonamides is 1. The summed E-state index contributed by atoms with van der Waals surface area (Å²) in [6.45, 7) is 1.56. The Bertz CT molecular complexity index is 1420. The Balaban J connectivity index is 1.82. The second-order valence-electron chi connectivity index (χ2n) is 7.82. The number of carbonyl (C=O) groups is 1. The Morgan fingerprint density at radius 2 is 1.78 bits per heavy atom. The molecule has 0 aliphatic rings. The largest absolute Gasteiger partial charge is 0.433 e. The van der Waals surface area contributed by atoms with Gasteiger partial charge in [0, 0.05) is 17.2 Å². The van der Waals surface area contributed by atoms with E-state index in [1.54, 1.807) is 6.92 Å². The van der Waals surface area contributed by atoms with Crippen LogP contribution in [0.25, 0.3) is 17.3 Å². The van der Waals surface area contributed by atoms with E-state index in [0.29, 0.717) is 5.56 Å². The number of anilines is 1. The van der Waals surface area contributed by atoms with Gasteiger partial charge in [0.25, 0.3) is 0 Å². The van der Waals surface area contributed by atoms with E-state index >= 15 is 0 Å². The standard InChI is InChI=1S/C24H20F5N3O3S/c1-14(16-6-9-20(19(26)13-16)32-36(2,34)35)30-22(33)11-8-15-7-10-21(24(27,28)29)31-23(15)17-4-3-5-18(25)12-17/h3-14,32H,1-2H3,(H,30,33)/b11-8-. The first-order chi connectivity index (χ1) is 16.7. The summed E-state index contributed by atoms with van der Waals surface area (Å²) >= 11 is 0. The summed E-state index contributed by atoms with van der Waals surface area (Å²) in [6, 6.07) is 9.74. The number of benzene rings is 2. The number of amides is 1. The van der Waals surface area contributed by atoms with Crippen molar-refractivity contribution < 1.29 is 35.2 Å². The third-order valence-electron chi connectivity index (χ3n) is 4.88. The van der Waals surface area contributed by atoms with Gasteiger partial charge >= 0.3 is 6.18 Å². The Morgan fingerprint density at radius 3 is 2.39 bits per heavy atom. The van der Waals surface area contributed by atoms with Crippen molar-refractivity contribution in [2.45, 2.75) is 19.1 Å². The molecule has 1 unspecified atom stereocenters. The van der Waals surface area contributed by atoms with Gasteiger partial charge in [0.2, 0.25) is 15.9 Å². The van der Waals surface area contributed by atoms with Crippen molar-refractivity contribution in [3.63, 3.8) is 0 Å². The number of aromatic nitrogens is 1. The van der Waals surface area contributed by atoms with Gasteiger partial charge in [-0.25, -0.2) is 22.2 Å². The maximum Gasteiger partial charge on any atom is 0.433 e. The maximum atomic E-state index is 14.2. The predicted molar refractivity (Wildman–Crippen MR) is 125 cm³/mol. The summed E-state index contributed by atoms with van der Waals surface area (Å²) in [5, 5.41) is 2.57. The van der Waals surface area contributed by atoms with Crippen LogP contribution in [0.5, 0.6) is 0 Å². The van der Waals surface area contributed by atoms with Crippen molar-refractivity contribution in [1.82, 2.24) is 10.3 Å². The summed E-state index contributed by atoms with van der Waals surface area (Å²) in [5.74, 6) is -2.16. The fraction of sp³-hybridized carbons (Fsp3) is 0.167. The first-order valence-electron chi connectivity index (χ1n) is 10.3. The fourth-order valence-corrected chi connectivity index (χ4v) is 3.79. The number of alkyl halides is 3. The van der Waals surface area contributed by atoms with Crippen LogP contribution in [0.1, 0.15) is 29.8 Å². The van der Waals surface area contributed by atoms with Crippen LogP contribution in [0.15, 0.2) is 60.7 Å². The Hall–Kier alpha value is -3.80. The minimum absolute atomic E-state index is 0.0906. The highest BCUT2D eigenvalue weighted by atomic mass is 32.2. The van der Waals surface area contributed by atoms with Crippen LogP contribution in [-0.2, 0) is 21.0 Å². The quantitative estimate of drug-likeness (QED) is 0.323. The first-order valence-corrected chi connectivity index (χ1v) is 12.2. The number of rotatable bonds is 7. The van der Waals surface area contributed by atoms with Crippen molar-refractivity contribution in [3.05, 3.63) is 89.1 Å². The molecule has 0 saturated heterocycles. The molecule has 1 heterocycles. The summed E-state index contributed by atoms with van der Waals surface area (Å²) < 4.78 is 92.0. The normalized spacial score (nSPS) is 13.0. The molecule has 1 aromatic heterocycles.